The first-order chi connectivity index (χ1) is 7.81. The van der Waals surface area contributed by atoms with Gasteiger partial charge < -0.3 is 10.4 Å². The van der Waals surface area contributed by atoms with Crippen LogP contribution in [0.4, 0.5) is 0 Å². The van der Waals surface area contributed by atoms with E-state index in [1.54, 1.807) is 11.3 Å². The Morgan fingerprint density at radius 2 is 2.00 bits per heavy atom. The Morgan fingerprint density at radius 1 is 1.19 bits per heavy atom. The first kappa shape index (κ1) is 9.42. The highest BCUT2D eigenvalue weighted by molar-refractivity contribution is 7.17. The van der Waals surface area contributed by atoms with Gasteiger partial charge in [-0.05, 0) is 11.5 Å². The van der Waals surface area contributed by atoms with Gasteiger partial charge in [0.25, 0.3) is 0 Å². The van der Waals surface area contributed by atoms with Crippen LogP contribution in [0.25, 0.3) is 21.0 Å². The average molecular weight is 229 g/mol. The van der Waals surface area contributed by atoms with Crippen molar-refractivity contribution in [2.75, 3.05) is 0 Å². The van der Waals surface area contributed by atoms with Crippen LogP contribution in [0.2, 0.25) is 0 Å². The Balaban J connectivity index is 2.62. The van der Waals surface area contributed by atoms with Crippen molar-refractivity contribution in [3.8, 4) is 0 Å². The van der Waals surface area contributed by atoms with Gasteiger partial charge in [-0.15, -0.1) is 0 Å². The molecule has 4 heteroatoms. The summed E-state index contributed by atoms with van der Waals surface area (Å²) in [6, 6.07) is 12.6. The van der Waals surface area contributed by atoms with Gasteiger partial charge in [0.1, 0.15) is 0 Å². The van der Waals surface area contributed by atoms with Crippen molar-refractivity contribution in [2.45, 2.75) is 0 Å². The minimum absolute atomic E-state index is 0.839. The molecule has 3 nitrogen and oxygen atoms in total. The summed E-state index contributed by atoms with van der Waals surface area (Å²) in [5, 5.41) is 6.31. The molecule has 0 unspecified atom stereocenters. The maximum absolute atomic E-state index is 5.37. The topological polar surface area (TPSA) is 43.3 Å². The lowest BCUT2D eigenvalue weighted by molar-refractivity contribution is 0.888. The highest BCUT2D eigenvalue weighted by Gasteiger charge is 2.05. The number of fused-ring (bicyclic) bond motifs is 3. The zero-order valence-electron chi connectivity index (χ0n) is 8.84. The second kappa shape index (κ2) is 3.35. The van der Waals surface area contributed by atoms with Crippen LogP contribution in [0.5, 0.6) is 0 Å². The van der Waals surface area contributed by atoms with E-state index >= 15 is 0 Å². The minimum Gasteiger partial charge on any atom is -0.320 e. The molecule has 0 aliphatic carbocycles. The van der Waals surface area contributed by atoms with Gasteiger partial charge in [0.2, 0.25) is 4.80 Å². The molecule has 2 N–H and O–H groups in total. The van der Waals surface area contributed by atoms with Crippen LogP contribution < -0.4 is 10.6 Å². The van der Waals surface area contributed by atoms with E-state index in [9.17, 15) is 0 Å². The van der Waals surface area contributed by atoms with Crippen molar-refractivity contribution in [1.82, 2.24) is 4.57 Å². The van der Waals surface area contributed by atoms with Crippen LogP contribution in [0.1, 0.15) is 0 Å². The fourth-order valence-electron chi connectivity index (χ4n) is 1.98. The monoisotopic (exact) mass is 229 g/mol. The number of nitrogens with zero attached hydrogens (tertiary/aromatic N) is 2. The van der Waals surface area contributed by atoms with Crippen molar-refractivity contribution in [2.24, 2.45) is 18.0 Å². The summed E-state index contributed by atoms with van der Waals surface area (Å²) in [5.41, 5.74) is 1.17. The van der Waals surface area contributed by atoms with Crippen LogP contribution in [-0.2, 0) is 7.05 Å². The fourth-order valence-corrected chi connectivity index (χ4v) is 3.05. The van der Waals surface area contributed by atoms with Gasteiger partial charge in [-0.25, -0.2) is 0 Å². The van der Waals surface area contributed by atoms with E-state index in [0.29, 0.717) is 0 Å². The van der Waals surface area contributed by atoms with E-state index in [0.717, 1.165) is 4.80 Å². The van der Waals surface area contributed by atoms with Crippen LogP contribution in [0, 0.1) is 0 Å². The van der Waals surface area contributed by atoms with E-state index < -0.39 is 0 Å². The maximum Gasteiger partial charge on any atom is 0.208 e. The van der Waals surface area contributed by atoms with Gasteiger partial charge in [-0.3, -0.25) is 0 Å². The van der Waals surface area contributed by atoms with E-state index in [4.69, 9.17) is 5.84 Å². The van der Waals surface area contributed by atoms with Crippen molar-refractivity contribution in [1.29, 1.82) is 0 Å². The molecule has 0 bridgehead atoms. The summed E-state index contributed by atoms with van der Waals surface area (Å²) in [5.74, 6) is 5.37. The Morgan fingerprint density at radius 3 is 2.81 bits per heavy atom. The quantitative estimate of drug-likeness (QED) is 0.466. The third kappa shape index (κ3) is 1.17. The highest BCUT2D eigenvalue weighted by atomic mass is 32.1. The molecular weight excluding hydrogens is 218 g/mol. The molecule has 0 aliphatic heterocycles. The van der Waals surface area contributed by atoms with Gasteiger partial charge in [-0.2, -0.15) is 5.10 Å². The minimum atomic E-state index is 0.839. The molecule has 0 fully saturated rings. The Kier molecular flexibility index (Phi) is 1.97. The normalized spacial score (nSPS) is 12.7. The predicted octanol–water partition coefficient (Wildman–Crippen LogP) is 2.17. The molecule has 0 aliphatic rings. The van der Waals surface area contributed by atoms with Gasteiger partial charge in [-0.1, -0.05) is 41.7 Å². The summed E-state index contributed by atoms with van der Waals surface area (Å²) >= 11 is 1.62. The fraction of sp³-hybridized carbons (Fsp3) is 0.0833. The number of aromatic nitrogens is 1. The van der Waals surface area contributed by atoms with Gasteiger partial charge in [0.05, 0.1) is 10.2 Å². The summed E-state index contributed by atoms with van der Waals surface area (Å²) in [6.07, 6.45) is 0. The first-order valence-electron chi connectivity index (χ1n) is 5.02. The number of thiazole rings is 1. The lowest BCUT2D eigenvalue weighted by Crippen LogP contribution is -2.12. The molecule has 1 aromatic heterocycles. The molecule has 3 rings (SSSR count). The van der Waals surface area contributed by atoms with Crippen LogP contribution in [0.3, 0.4) is 0 Å². The second-order valence-corrected chi connectivity index (χ2v) is 4.69. The SMILES string of the molecule is Cn1/c(=N\N)sc2c3ccccc3ccc21. The summed E-state index contributed by atoms with van der Waals surface area (Å²) in [7, 11) is 1.99. The van der Waals surface area contributed by atoms with Crippen molar-refractivity contribution in [3.63, 3.8) is 0 Å². The van der Waals surface area contributed by atoms with Crippen LogP contribution in [0.15, 0.2) is 41.5 Å². The van der Waals surface area contributed by atoms with Crippen LogP contribution in [-0.4, -0.2) is 4.57 Å². The number of benzene rings is 2. The van der Waals surface area contributed by atoms with Crippen molar-refractivity contribution >= 4 is 32.3 Å². The molecule has 80 valence electrons. The lowest BCUT2D eigenvalue weighted by atomic mass is 10.1. The van der Waals surface area contributed by atoms with E-state index in [1.807, 2.05) is 11.6 Å². The molecule has 0 saturated heterocycles. The summed E-state index contributed by atoms with van der Waals surface area (Å²) in [4.78, 5) is 0.839. The average Bonchev–Trinajstić information content (AvgIpc) is 2.67. The van der Waals surface area contributed by atoms with Crippen molar-refractivity contribution < 1.29 is 0 Å². The molecule has 0 spiro atoms. The molecule has 0 amide bonds. The standard InChI is InChI=1S/C12H11N3S/c1-15-10-7-6-8-4-2-3-5-9(8)11(10)16-12(15)14-13/h2-7H,13H2,1H3/b14-12+. The molecular formula is C12H11N3S. The largest absolute Gasteiger partial charge is 0.320 e. The molecule has 0 atom stereocenters. The smallest absolute Gasteiger partial charge is 0.208 e. The molecule has 0 saturated carbocycles. The zero-order chi connectivity index (χ0) is 11.1. The van der Waals surface area contributed by atoms with E-state index in [2.05, 4.69) is 41.5 Å². The van der Waals surface area contributed by atoms with Crippen LogP contribution >= 0.6 is 11.3 Å². The lowest BCUT2D eigenvalue weighted by Gasteiger charge is -1.99. The Hall–Kier alpha value is -1.81. The van der Waals surface area contributed by atoms with Gasteiger partial charge in [0, 0.05) is 12.4 Å². The maximum atomic E-state index is 5.37. The molecule has 2 aromatic carbocycles. The van der Waals surface area contributed by atoms with Gasteiger partial charge >= 0.3 is 0 Å². The Bertz CT molecular complexity index is 737. The molecule has 16 heavy (non-hydrogen) atoms. The third-order valence-corrected chi connectivity index (χ3v) is 4.01. The molecule has 0 radical (unpaired) electrons. The van der Waals surface area contributed by atoms with E-state index in [-0.39, 0.29) is 0 Å². The second-order valence-electron chi connectivity index (χ2n) is 3.71. The molecule has 3 aromatic rings. The predicted molar refractivity (Wildman–Crippen MR) is 68.1 cm³/mol. The van der Waals surface area contributed by atoms with Gasteiger partial charge in [0.15, 0.2) is 0 Å². The zero-order valence-corrected chi connectivity index (χ0v) is 9.66. The van der Waals surface area contributed by atoms with Crippen molar-refractivity contribution in [3.05, 3.63) is 41.2 Å². The number of hydrogen-bond acceptors (Lipinski definition) is 3. The summed E-state index contributed by atoms with van der Waals surface area (Å²) < 4.78 is 3.26. The molecule has 1 heterocycles. The number of nitrogens with two attached hydrogens (primary N) is 1. The number of aryl methyl sites for hydroxylation is 1. The highest BCUT2D eigenvalue weighted by Crippen LogP contribution is 2.26. The Labute approximate surface area is 96.4 Å². The number of hydrogen-bond donors (Lipinski definition) is 1. The third-order valence-electron chi connectivity index (χ3n) is 2.81. The number of rotatable bonds is 0. The summed E-state index contributed by atoms with van der Waals surface area (Å²) in [6.45, 7) is 0. The first-order valence-corrected chi connectivity index (χ1v) is 5.84. The van der Waals surface area contributed by atoms with E-state index in [1.165, 1.54) is 21.0 Å².